The smallest absolute Gasteiger partial charge is 0.340 e. The highest BCUT2D eigenvalue weighted by molar-refractivity contribution is 7.09. The maximum atomic E-state index is 12.5. The van der Waals surface area contributed by atoms with Gasteiger partial charge in [0.2, 0.25) is 0 Å². The SMILES string of the molecule is Cc1cc(C(=O)OCC(=O)N[C@@H]2CCCC[C@H]2C)c(C)n1Cc1cccs1. The average molecular weight is 389 g/mol. The molecule has 146 valence electrons. The standard InChI is InChI=1S/C21H28N2O3S/c1-14-7-4-5-9-19(14)22-20(24)13-26-21(25)18-11-15(2)23(16(18)3)12-17-8-6-10-27-17/h6,8,10-11,14,19H,4-5,7,9,12-13H2,1-3H3,(H,22,24)/t14-,19-/m1/s1. The third-order valence-electron chi connectivity index (χ3n) is 5.48. The van der Waals surface area contributed by atoms with E-state index in [-0.39, 0.29) is 18.6 Å². The highest BCUT2D eigenvalue weighted by Crippen LogP contribution is 2.24. The molecule has 3 rings (SSSR count). The summed E-state index contributed by atoms with van der Waals surface area (Å²) in [5.74, 6) is -0.170. The quantitative estimate of drug-likeness (QED) is 0.759. The van der Waals surface area contributed by atoms with Crippen LogP contribution in [0.3, 0.4) is 0 Å². The van der Waals surface area contributed by atoms with Gasteiger partial charge >= 0.3 is 5.97 Å². The van der Waals surface area contributed by atoms with Crippen LogP contribution in [0.4, 0.5) is 0 Å². The van der Waals surface area contributed by atoms with Crippen molar-refractivity contribution in [3.8, 4) is 0 Å². The highest BCUT2D eigenvalue weighted by atomic mass is 32.1. The van der Waals surface area contributed by atoms with Crippen LogP contribution in [0, 0.1) is 19.8 Å². The van der Waals surface area contributed by atoms with Crippen LogP contribution < -0.4 is 5.32 Å². The van der Waals surface area contributed by atoms with Crippen LogP contribution >= 0.6 is 11.3 Å². The van der Waals surface area contributed by atoms with Crippen molar-refractivity contribution >= 4 is 23.2 Å². The average Bonchev–Trinajstić information content (AvgIpc) is 3.25. The first-order valence-corrected chi connectivity index (χ1v) is 10.5. The van der Waals surface area contributed by atoms with Crippen LogP contribution in [0.5, 0.6) is 0 Å². The van der Waals surface area contributed by atoms with Gasteiger partial charge in [0, 0.05) is 22.3 Å². The molecule has 0 unspecified atom stereocenters. The Bertz CT molecular complexity index is 795. The molecule has 27 heavy (non-hydrogen) atoms. The molecule has 1 N–H and O–H groups in total. The molecule has 0 aliphatic heterocycles. The summed E-state index contributed by atoms with van der Waals surface area (Å²) in [6, 6.07) is 6.14. The molecule has 0 spiro atoms. The van der Waals surface area contributed by atoms with E-state index in [9.17, 15) is 9.59 Å². The van der Waals surface area contributed by atoms with Crippen LogP contribution in [0.1, 0.15) is 59.2 Å². The lowest BCUT2D eigenvalue weighted by Crippen LogP contribution is -2.42. The zero-order chi connectivity index (χ0) is 19.4. The molecular weight excluding hydrogens is 360 g/mol. The number of nitrogens with zero attached hydrogens (tertiary/aromatic N) is 1. The minimum absolute atomic E-state index is 0.195. The molecule has 0 bridgehead atoms. The van der Waals surface area contributed by atoms with Crippen molar-refractivity contribution in [2.45, 2.75) is 59.0 Å². The summed E-state index contributed by atoms with van der Waals surface area (Å²) >= 11 is 1.69. The number of amides is 1. The molecule has 1 aliphatic carbocycles. The minimum atomic E-state index is -0.438. The van der Waals surface area contributed by atoms with Crippen molar-refractivity contribution in [3.05, 3.63) is 45.4 Å². The fraction of sp³-hybridized carbons (Fsp3) is 0.524. The van der Waals surface area contributed by atoms with E-state index in [1.165, 1.54) is 11.3 Å². The number of thiophene rings is 1. The summed E-state index contributed by atoms with van der Waals surface area (Å²) in [5, 5.41) is 5.06. The predicted octanol–water partition coefficient (Wildman–Crippen LogP) is 4.07. The molecule has 0 aromatic carbocycles. The lowest BCUT2D eigenvalue weighted by Gasteiger charge is -2.29. The number of esters is 1. The fourth-order valence-corrected chi connectivity index (χ4v) is 4.49. The lowest BCUT2D eigenvalue weighted by molar-refractivity contribution is -0.125. The van der Waals surface area contributed by atoms with E-state index < -0.39 is 5.97 Å². The maximum absolute atomic E-state index is 12.5. The van der Waals surface area contributed by atoms with E-state index in [1.807, 2.05) is 31.4 Å². The Kier molecular flexibility index (Phi) is 6.37. The number of aryl methyl sites for hydroxylation is 1. The van der Waals surface area contributed by atoms with E-state index >= 15 is 0 Å². The predicted molar refractivity (Wildman–Crippen MR) is 107 cm³/mol. The lowest BCUT2D eigenvalue weighted by atomic mass is 9.86. The van der Waals surface area contributed by atoms with Crippen LogP contribution in [0.25, 0.3) is 0 Å². The number of carbonyl (C=O) groups excluding carboxylic acids is 2. The number of hydrogen-bond acceptors (Lipinski definition) is 4. The normalized spacial score (nSPS) is 19.7. The van der Waals surface area contributed by atoms with E-state index in [0.717, 1.165) is 37.2 Å². The second-order valence-corrected chi connectivity index (χ2v) is 8.49. The van der Waals surface area contributed by atoms with Gasteiger partial charge in [-0.25, -0.2) is 4.79 Å². The van der Waals surface area contributed by atoms with Crippen molar-refractivity contribution < 1.29 is 14.3 Å². The number of hydrogen-bond donors (Lipinski definition) is 1. The summed E-state index contributed by atoms with van der Waals surface area (Å²) in [5.41, 5.74) is 2.41. The Labute approximate surface area is 164 Å². The number of ether oxygens (including phenoxy) is 1. The zero-order valence-electron chi connectivity index (χ0n) is 16.3. The highest BCUT2D eigenvalue weighted by Gasteiger charge is 2.24. The van der Waals surface area contributed by atoms with Crippen molar-refractivity contribution in [1.29, 1.82) is 0 Å². The van der Waals surface area contributed by atoms with Gasteiger partial charge in [-0.2, -0.15) is 0 Å². The third kappa shape index (κ3) is 4.80. The van der Waals surface area contributed by atoms with E-state index in [4.69, 9.17) is 4.74 Å². The second kappa shape index (κ2) is 8.74. The molecule has 1 fully saturated rings. The van der Waals surface area contributed by atoms with Crippen molar-refractivity contribution in [1.82, 2.24) is 9.88 Å². The van der Waals surface area contributed by atoms with Gasteiger partial charge in [0.15, 0.2) is 6.61 Å². The van der Waals surface area contributed by atoms with Gasteiger partial charge in [0.05, 0.1) is 12.1 Å². The maximum Gasteiger partial charge on any atom is 0.340 e. The Morgan fingerprint density at radius 2 is 2.07 bits per heavy atom. The molecule has 2 heterocycles. The third-order valence-corrected chi connectivity index (χ3v) is 6.34. The first kappa shape index (κ1) is 19.7. The second-order valence-electron chi connectivity index (χ2n) is 7.46. The Balaban J connectivity index is 1.57. The van der Waals surface area contributed by atoms with Gasteiger partial charge in [-0.1, -0.05) is 25.8 Å². The van der Waals surface area contributed by atoms with Gasteiger partial charge in [0.25, 0.3) is 5.91 Å². The molecular formula is C21H28N2O3S. The zero-order valence-corrected chi connectivity index (χ0v) is 17.1. The van der Waals surface area contributed by atoms with Gasteiger partial charge < -0.3 is 14.6 Å². The minimum Gasteiger partial charge on any atom is -0.452 e. The Morgan fingerprint density at radius 3 is 2.78 bits per heavy atom. The van der Waals surface area contributed by atoms with Crippen molar-refractivity contribution in [2.75, 3.05) is 6.61 Å². The number of aromatic nitrogens is 1. The largest absolute Gasteiger partial charge is 0.452 e. The first-order valence-electron chi connectivity index (χ1n) is 9.61. The number of nitrogens with one attached hydrogen (secondary N) is 1. The van der Waals surface area contributed by atoms with Gasteiger partial charge in [-0.3, -0.25) is 4.79 Å². The van der Waals surface area contributed by atoms with Gasteiger partial charge in [-0.15, -0.1) is 11.3 Å². The van der Waals surface area contributed by atoms with Gasteiger partial charge in [-0.05, 0) is 50.1 Å². The van der Waals surface area contributed by atoms with Crippen LogP contribution in [0.15, 0.2) is 23.6 Å². The Morgan fingerprint density at radius 1 is 1.30 bits per heavy atom. The molecule has 1 saturated carbocycles. The molecule has 5 nitrogen and oxygen atoms in total. The van der Waals surface area contributed by atoms with Gasteiger partial charge in [0.1, 0.15) is 0 Å². The summed E-state index contributed by atoms with van der Waals surface area (Å²) in [6.07, 6.45) is 4.51. The van der Waals surface area contributed by atoms with Crippen LogP contribution in [-0.2, 0) is 16.1 Å². The molecule has 2 aromatic rings. The van der Waals surface area contributed by atoms with E-state index in [2.05, 4.69) is 22.9 Å². The van der Waals surface area contributed by atoms with E-state index in [0.29, 0.717) is 11.5 Å². The summed E-state index contributed by atoms with van der Waals surface area (Å²) in [7, 11) is 0. The summed E-state index contributed by atoms with van der Waals surface area (Å²) in [4.78, 5) is 25.9. The summed E-state index contributed by atoms with van der Waals surface area (Å²) < 4.78 is 7.39. The Hall–Kier alpha value is -2.08. The molecule has 2 aromatic heterocycles. The fourth-order valence-electron chi connectivity index (χ4n) is 3.80. The number of rotatable bonds is 6. The monoisotopic (exact) mass is 388 g/mol. The molecule has 1 amide bonds. The summed E-state index contributed by atoms with van der Waals surface area (Å²) in [6.45, 7) is 6.58. The molecule has 6 heteroatoms. The molecule has 0 radical (unpaired) electrons. The van der Waals surface area contributed by atoms with Crippen molar-refractivity contribution in [3.63, 3.8) is 0 Å². The molecule has 2 atom stereocenters. The van der Waals surface area contributed by atoms with Crippen LogP contribution in [0.2, 0.25) is 0 Å². The number of carbonyl (C=O) groups is 2. The van der Waals surface area contributed by atoms with Crippen LogP contribution in [-0.4, -0.2) is 29.1 Å². The molecule has 0 saturated heterocycles. The first-order chi connectivity index (χ1) is 13.0. The molecule has 1 aliphatic rings. The van der Waals surface area contributed by atoms with Crippen molar-refractivity contribution in [2.24, 2.45) is 5.92 Å². The van der Waals surface area contributed by atoms with E-state index in [1.54, 1.807) is 11.3 Å². The topological polar surface area (TPSA) is 60.3 Å².